The van der Waals surface area contributed by atoms with Crippen molar-refractivity contribution in [2.45, 2.75) is 18.6 Å². The molecule has 0 saturated carbocycles. The number of nitrogens with zero attached hydrogens (tertiary/aromatic N) is 1. The van der Waals surface area contributed by atoms with Gasteiger partial charge in [-0.1, -0.05) is 0 Å². The van der Waals surface area contributed by atoms with Gasteiger partial charge < -0.3 is 11.1 Å². The third kappa shape index (κ3) is 3.81. The lowest BCUT2D eigenvalue weighted by Gasteiger charge is -2.35. The number of piperazine rings is 1. The summed E-state index contributed by atoms with van der Waals surface area (Å²) in [5.41, 5.74) is 5.47. The van der Waals surface area contributed by atoms with Crippen molar-refractivity contribution in [1.82, 2.24) is 10.2 Å². The topological polar surface area (TPSA) is 41.3 Å². The highest BCUT2D eigenvalue weighted by Crippen LogP contribution is 2.20. The third-order valence-corrected chi connectivity index (χ3v) is 2.43. The standard InChI is InChI=1S/C8H16F3N3/c9-8(10,11)1-3-14-4-2-13-6-7(14)5-12/h7,13H,1-6,12H2. The van der Waals surface area contributed by atoms with E-state index in [1.165, 1.54) is 0 Å². The first-order chi connectivity index (χ1) is 6.53. The summed E-state index contributed by atoms with van der Waals surface area (Å²) in [5.74, 6) is 0. The summed E-state index contributed by atoms with van der Waals surface area (Å²) < 4.78 is 35.9. The molecule has 3 nitrogen and oxygen atoms in total. The lowest BCUT2D eigenvalue weighted by Crippen LogP contribution is -2.54. The van der Waals surface area contributed by atoms with Crippen LogP contribution in [0.3, 0.4) is 0 Å². The van der Waals surface area contributed by atoms with E-state index in [2.05, 4.69) is 5.32 Å². The van der Waals surface area contributed by atoms with Crippen LogP contribution < -0.4 is 11.1 Å². The molecule has 1 heterocycles. The molecule has 84 valence electrons. The predicted molar refractivity (Wildman–Crippen MR) is 48.0 cm³/mol. The van der Waals surface area contributed by atoms with Gasteiger partial charge in [-0.25, -0.2) is 0 Å². The number of halogens is 3. The number of hydrogen-bond donors (Lipinski definition) is 2. The molecule has 1 fully saturated rings. The normalized spacial score (nSPS) is 25.3. The molecule has 0 aromatic heterocycles. The van der Waals surface area contributed by atoms with Crippen LogP contribution in [0.2, 0.25) is 0 Å². The van der Waals surface area contributed by atoms with Gasteiger partial charge in [0, 0.05) is 38.8 Å². The first-order valence-electron chi connectivity index (χ1n) is 4.74. The average molecular weight is 211 g/mol. The molecular formula is C8H16F3N3. The number of nitrogens with one attached hydrogen (secondary N) is 1. The highest BCUT2D eigenvalue weighted by molar-refractivity contribution is 4.80. The molecule has 1 rings (SSSR count). The van der Waals surface area contributed by atoms with E-state index in [4.69, 9.17) is 5.73 Å². The zero-order valence-electron chi connectivity index (χ0n) is 7.98. The van der Waals surface area contributed by atoms with E-state index in [0.717, 1.165) is 6.54 Å². The van der Waals surface area contributed by atoms with E-state index in [-0.39, 0.29) is 12.6 Å². The van der Waals surface area contributed by atoms with Crippen molar-refractivity contribution in [3.63, 3.8) is 0 Å². The zero-order chi connectivity index (χ0) is 10.6. The minimum absolute atomic E-state index is 0.0473. The highest BCUT2D eigenvalue weighted by Gasteiger charge is 2.30. The predicted octanol–water partition coefficient (Wildman–Crippen LogP) is 0.171. The van der Waals surface area contributed by atoms with Crippen LogP contribution >= 0.6 is 0 Å². The Morgan fingerprint density at radius 3 is 2.71 bits per heavy atom. The quantitative estimate of drug-likeness (QED) is 0.699. The van der Waals surface area contributed by atoms with E-state index < -0.39 is 12.6 Å². The Kier molecular flexibility index (Phi) is 4.15. The summed E-state index contributed by atoms with van der Waals surface area (Å²) in [5, 5.41) is 3.11. The lowest BCUT2D eigenvalue weighted by atomic mass is 10.2. The van der Waals surface area contributed by atoms with Gasteiger partial charge in [-0.05, 0) is 0 Å². The second kappa shape index (κ2) is 4.95. The van der Waals surface area contributed by atoms with Gasteiger partial charge in [-0.15, -0.1) is 0 Å². The largest absolute Gasteiger partial charge is 0.390 e. The van der Waals surface area contributed by atoms with E-state index in [9.17, 15) is 13.2 Å². The Morgan fingerprint density at radius 1 is 1.43 bits per heavy atom. The van der Waals surface area contributed by atoms with E-state index in [1.807, 2.05) is 4.90 Å². The Balaban J connectivity index is 2.33. The summed E-state index contributed by atoms with van der Waals surface area (Å²) in [6.07, 6.45) is -4.81. The van der Waals surface area contributed by atoms with E-state index >= 15 is 0 Å². The van der Waals surface area contributed by atoms with Crippen molar-refractivity contribution in [3.8, 4) is 0 Å². The fraction of sp³-hybridized carbons (Fsp3) is 1.00. The van der Waals surface area contributed by atoms with Crippen LogP contribution in [0.15, 0.2) is 0 Å². The summed E-state index contributed by atoms with van der Waals surface area (Å²) in [7, 11) is 0. The van der Waals surface area contributed by atoms with Gasteiger partial charge in [-0.3, -0.25) is 4.90 Å². The molecule has 0 radical (unpaired) electrons. The Bertz CT molecular complexity index is 172. The fourth-order valence-corrected chi connectivity index (χ4v) is 1.60. The van der Waals surface area contributed by atoms with Crippen molar-refractivity contribution >= 4 is 0 Å². The van der Waals surface area contributed by atoms with Crippen LogP contribution in [0.25, 0.3) is 0 Å². The molecule has 0 amide bonds. The summed E-state index contributed by atoms with van der Waals surface area (Å²) in [6.45, 7) is 2.55. The first kappa shape index (κ1) is 11.7. The number of alkyl halides is 3. The van der Waals surface area contributed by atoms with Crippen molar-refractivity contribution in [1.29, 1.82) is 0 Å². The van der Waals surface area contributed by atoms with E-state index in [1.54, 1.807) is 0 Å². The monoisotopic (exact) mass is 211 g/mol. The maximum absolute atomic E-state index is 12.0. The molecule has 0 bridgehead atoms. The van der Waals surface area contributed by atoms with Gasteiger partial charge in [-0.2, -0.15) is 13.2 Å². The highest BCUT2D eigenvalue weighted by atomic mass is 19.4. The van der Waals surface area contributed by atoms with Crippen molar-refractivity contribution in [2.24, 2.45) is 5.73 Å². The summed E-state index contributed by atoms with van der Waals surface area (Å²) >= 11 is 0. The van der Waals surface area contributed by atoms with Crippen LogP contribution in [0, 0.1) is 0 Å². The van der Waals surface area contributed by atoms with Crippen LogP contribution in [0.4, 0.5) is 13.2 Å². The van der Waals surface area contributed by atoms with Gasteiger partial charge in [0.2, 0.25) is 0 Å². The molecule has 1 atom stereocenters. The molecule has 1 aliphatic rings. The van der Waals surface area contributed by atoms with E-state index in [0.29, 0.717) is 19.6 Å². The molecule has 1 unspecified atom stereocenters. The second-order valence-corrected chi connectivity index (χ2v) is 3.49. The molecule has 3 N–H and O–H groups in total. The van der Waals surface area contributed by atoms with Crippen LogP contribution in [0.1, 0.15) is 6.42 Å². The molecule has 14 heavy (non-hydrogen) atoms. The minimum Gasteiger partial charge on any atom is -0.329 e. The number of rotatable bonds is 3. The molecule has 0 aliphatic carbocycles. The van der Waals surface area contributed by atoms with Crippen molar-refractivity contribution in [3.05, 3.63) is 0 Å². The fourth-order valence-electron chi connectivity index (χ4n) is 1.60. The Hall–Kier alpha value is -0.330. The zero-order valence-corrected chi connectivity index (χ0v) is 7.98. The smallest absolute Gasteiger partial charge is 0.329 e. The molecule has 1 aliphatic heterocycles. The van der Waals surface area contributed by atoms with Crippen LogP contribution in [-0.4, -0.2) is 49.8 Å². The second-order valence-electron chi connectivity index (χ2n) is 3.49. The molecule has 6 heteroatoms. The number of hydrogen-bond acceptors (Lipinski definition) is 3. The molecule has 0 aromatic rings. The minimum atomic E-state index is -4.07. The summed E-state index contributed by atoms with van der Waals surface area (Å²) in [6, 6.07) is 0.0473. The third-order valence-electron chi connectivity index (χ3n) is 2.43. The van der Waals surface area contributed by atoms with Gasteiger partial charge in [0.15, 0.2) is 0 Å². The van der Waals surface area contributed by atoms with Crippen LogP contribution in [-0.2, 0) is 0 Å². The molecular weight excluding hydrogens is 195 g/mol. The molecule has 1 saturated heterocycles. The lowest BCUT2D eigenvalue weighted by molar-refractivity contribution is -0.139. The van der Waals surface area contributed by atoms with Crippen molar-refractivity contribution < 1.29 is 13.2 Å². The van der Waals surface area contributed by atoms with Gasteiger partial charge >= 0.3 is 6.18 Å². The van der Waals surface area contributed by atoms with Gasteiger partial charge in [0.1, 0.15) is 0 Å². The van der Waals surface area contributed by atoms with Gasteiger partial charge in [0.05, 0.1) is 6.42 Å². The Morgan fingerprint density at radius 2 is 2.14 bits per heavy atom. The maximum Gasteiger partial charge on any atom is 0.390 e. The summed E-state index contributed by atoms with van der Waals surface area (Å²) in [4.78, 5) is 1.81. The number of nitrogens with two attached hydrogens (primary N) is 1. The SMILES string of the molecule is NCC1CNCCN1CCC(F)(F)F. The Labute approximate surface area is 81.4 Å². The van der Waals surface area contributed by atoms with Crippen LogP contribution in [0.5, 0.6) is 0 Å². The average Bonchev–Trinajstić information content (AvgIpc) is 2.14. The maximum atomic E-state index is 12.0. The van der Waals surface area contributed by atoms with Gasteiger partial charge in [0.25, 0.3) is 0 Å². The molecule has 0 aromatic carbocycles. The molecule has 0 spiro atoms. The first-order valence-corrected chi connectivity index (χ1v) is 4.74. The van der Waals surface area contributed by atoms with Crippen molar-refractivity contribution in [2.75, 3.05) is 32.7 Å².